The number of ether oxygens (including phenoxy) is 3. The van der Waals surface area contributed by atoms with E-state index in [9.17, 15) is 13.6 Å². The largest absolute Gasteiger partial charge is 0.490 e. The lowest BCUT2D eigenvalue weighted by atomic mass is 9.64. The van der Waals surface area contributed by atoms with E-state index in [4.69, 9.17) is 14.2 Å². The Labute approximate surface area is 188 Å². The predicted octanol–water partition coefficient (Wildman–Crippen LogP) is 4.90. The van der Waals surface area contributed by atoms with Crippen molar-refractivity contribution in [3.05, 3.63) is 53.4 Å². The van der Waals surface area contributed by atoms with Crippen molar-refractivity contribution in [2.24, 2.45) is 5.41 Å². The zero-order valence-corrected chi connectivity index (χ0v) is 19.1. The molecule has 3 atom stereocenters. The molecule has 1 aromatic carbocycles. The van der Waals surface area contributed by atoms with Gasteiger partial charge in [0, 0.05) is 17.5 Å². The molecule has 3 aliphatic rings. The van der Waals surface area contributed by atoms with Crippen molar-refractivity contribution in [1.82, 2.24) is 4.90 Å². The number of hydrogen-bond acceptors (Lipinski definition) is 4. The van der Waals surface area contributed by atoms with Gasteiger partial charge in [-0.3, -0.25) is 4.79 Å². The number of carbonyl (C=O) groups excluding carboxylic acids is 1. The number of hydrogen-bond donors (Lipinski definition) is 0. The molecule has 32 heavy (non-hydrogen) atoms. The van der Waals surface area contributed by atoms with Crippen molar-refractivity contribution in [1.29, 1.82) is 0 Å². The smallest absolute Gasteiger partial charge is 0.253 e. The number of aryl methyl sites for hydroxylation is 1. The number of rotatable bonds is 5. The second kappa shape index (κ2) is 8.27. The van der Waals surface area contributed by atoms with E-state index in [0.717, 1.165) is 5.56 Å². The molecule has 2 fully saturated rings. The fourth-order valence-corrected chi connectivity index (χ4v) is 4.88. The molecule has 1 aliphatic carbocycles. The molecule has 2 saturated heterocycles. The fourth-order valence-electron chi connectivity index (χ4n) is 4.88. The van der Waals surface area contributed by atoms with Crippen LogP contribution in [0.1, 0.15) is 49.5 Å². The first-order chi connectivity index (χ1) is 15.0. The summed E-state index contributed by atoms with van der Waals surface area (Å²) in [4.78, 5) is 15.0. The lowest BCUT2D eigenvalue weighted by Gasteiger charge is -2.51. The van der Waals surface area contributed by atoms with E-state index in [-0.39, 0.29) is 31.2 Å². The number of fused-ring (bicyclic) bond motifs is 1. The minimum atomic E-state index is -1.43. The number of halogens is 2. The molecule has 1 unspecified atom stereocenters. The molecule has 2 heterocycles. The average molecular weight is 448 g/mol. The van der Waals surface area contributed by atoms with E-state index < -0.39 is 16.7 Å². The molecule has 0 aromatic heterocycles. The van der Waals surface area contributed by atoms with E-state index >= 15 is 0 Å². The van der Waals surface area contributed by atoms with E-state index in [1.165, 1.54) is 19.9 Å². The van der Waals surface area contributed by atoms with Gasteiger partial charge < -0.3 is 19.1 Å². The first-order valence-corrected chi connectivity index (χ1v) is 11.1. The predicted molar refractivity (Wildman–Crippen MR) is 117 cm³/mol. The number of carbonyl (C=O) groups is 1. The Bertz CT molecular complexity index is 954. The number of amides is 1. The molecule has 4 rings (SSSR count). The summed E-state index contributed by atoms with van der Waals surface area (Å²) in [5, 5.41) is 0. The van der Waals surface area contributed by atoms with Crippen LogP contribution in [0.25, 0.3) is 0 Å². The summed E-state index contributed by atoms with van der Waals surface area (Å²) in [5.74, 6) is 0.236. The molecule has 1 aromatic rings. The zero-order chi connectivity index (χ0) is 23.1. The van der Waals surface area contributed by atoms with Crippen LogP contribution in [0.3, 0.4) is 0 Å². The molecule has 7 heteroatoms. The third-order valence-electron chi connectivity index (χ3n) is 6.82. The third kappa shape index (κ3) is 4.20. The van der Waals surface area contributed by atoms with Gasteiger partial charge in [0.25, 0.3) is 5.91 Å². The number of piperidine rings is 1. The molecule has 174 valence electrons. The van der Waals surface area contributed by atoms with E-state index in [2.05, 4.69) is 6.92 Å². The maximum Gasteiger partial charge on any atom is 0.253 e. The second-order valence-electron chi connectivity index (χ2n) is 9.84. The second-order valence-corrected chi connectivity index (χ2v) is 9.84. The molecule has 0 N–H and O–H groups in total. The number of allylic oxidation sites excluding steroid dienone is 3. The first-order valence-electron chi connectivity index (χ1n) is 11.1. The summed E-state index contributed by atoms with van der Waals surface area (Å²) >= 11 is 0. The third-order valence-corrected chi connectivity index (χ3v) is 6.82. The molecule has 1 amide bonds. The molecule has 2 aliphatic heterocycles. The van der Waals surface area contributed by atoms with Gasteiger partial charge in [-0.1, -0.05) is 13.0 Å². The lowest BCUT2D eigenvalue weighted by molar-refractivity contribution is -0.106. The number of likely N-dealkylation sites (tertiary alicyclic amines) is 1. The molecule has 0 saturated carbocycles. The summed E-state index contributed by atoms with van der Waals surface area (Å²) in [7, 11) is 0. The van der Waals surface area contributed by atoms with Gasteiger partial charge in [0.15, 0.2) is 0 Å². The van der Waals surface area contributed by atoms with Crippen LogP contribution in [0.5, 0.6) is 5.75 Å². The Hall–Kier alpha value is -2.25. The van der Waals surface area contributed by atoms with Crippen molar-refractivity contribution in [2.75, 3.05) is 26.5 Å². The van der Waals surface area contributed by atoms with Crippen LogP contribution in [0.4, 0.5) is 8.78 Å². The van der Waals surface area contributed by atoms with Crippen molar-refractivity contribution >= 4 is 5.91 Å². The summed E-state index contributed by atoms with van der Waals surface area (Å²) in [6, 6.07) is 5.20. The quantitative estimate of drug-likeness (QED) is 0.644. The number of alkyl halides is 1. The van der Waals surface area contributed by atoms with Crippen molar-refractivity contribution in [2.45, 2.75) is 57.9 Å². The highest BCUT2D eigenvalue weighted by Gasteiger charge is 2.59. The van der Waals surface area contributed by atoms with Gasteiger partial charge in [0.1, 0.15) is 42.3 Å². The SMILES string of the molecule is Cc1cc(C(=O)N2CC[C@]3(C4(C)C=CC(F)=CC4)OCO[C@@H]3C2)ccc1OCC(C)(C)F. The van der Waals surface area contributed by atoms with Gasteiger partial charge in [-0.15, -0.1) is 0 Å². The van der Waals surface area contributed by atoms with Gasteiger partial charge in [-0.05, 0) is 69.5 Å². The highest BCUT2D eigenvalue weighted by atomic mass is 19.1. The van der Waals surface area contributed by atoms with Crippen LogP contribution >= 0.6 is 0 Å². The normalized spacial score (nSPS) is 30.1. The van der Waals surface area contributed by atoms with Crippen LogP contribution in [-0.2, 0) is 9.47 Å². The van der Waals surface area contributed by atoms with Crippen LogP contribution < -0.4 is 4.74 Å². The zero-order valence-electron chi connectivity index (χ0n) is 19.1. The Balaban J connectivity index is 1.47. The van der Waals surface area contributed by atoms with E-state index in [1.54, 1.807) is 29.2 Å². The van der Waals surface area contributed by atoms with Gasteiger partial charge >= 0.3 is 0 Å². The van der Waals surface area contributed by atoms with E-state index in [1.807, 2.05) is 13.0 Å². The molecule has 5 nitrogen and oxygen atoms in total. The van der Waals surface area contributed by atoms with Crippen LogP contribution in [0.2, 0.25) is 0 Å². The fraction of sp³-hybridized carbons (Fsp3) is 0.560. The van der Waals surface area contributed by atoms with E-state index in [0.29, 0.717) is 37.2 Å². The van der Waals surface area contributed by atoms with Crippen molar-refractivity contribution in [3.63, 3.8) is 0 Å². The van der Waals surface area contributed by atoms with Gasteiger partial charge in [0.05, 0.1) is 6.54 Å². The maximum absolute atomic E-state index is 13.7. The lowest BCUT2D eigenvalue weighted by Crippen LogP contribution is -2.62. The number of benzene rings is 1. The van der Waals surface area contributed by atoms with Crippen LogP contribution in [0.15, 0.2) is 42.3 Å². The maximum atomic E-state index is 13.7. The topological polar surface area (TPSA) is 48.0 Å². The monoisotopic (exact) mass is 447 g/mol. The molecular formula is C25H31F2NO4. The molecule has 0 radical (unpaired) electrons. The molecular weight excluding hydrogens is 416 g/mol. The Morgan fingerprint density at radius 1 is 1.38 bits per heavy atom. The van der Waals surface area contributed by atoms with Crippen molar-refractivity contribution < 1.29 is 27.8 Å². The summed E-state index contributed by atoms with van der Waals surface area (Å²) in [6.45, 7) is 7.85. The summed E-state index contributed by atoms with van der Waals surface area (Å²) in [5.41, 5.74) is -1.10. The van der Waals surface area contributed by atoms with Gasteiger partial charge in [-0.25, -0.2) is 8.78 Å². The van der Waals surface area contributed by atoms with Crippen LogP contribution in [0, 0.1) is 12.3 Å². The Kier molecular flexibility index (Phi) is 5.92. The summed E-state index contributed by atoms with van der Waals surface area (Å²) in [6.07, 6.45) is 5.79. The van der Waals surface area contributed by atoms with Gasteiger partial charge in [0.2, 0.25) is 0 Å². The highest BCUT2D eigenvalue weighted by molar-refractivity contribution is 5.94. The van der Waals surface area contributed by atoms with Crippen LogP contribution in [-0.4, -0.2) is 54.7 Å². The van der Waals surface area contributed by atoms with Gasteiger partial charge in [-0.2, -0.15) is 0 Å². The Morgan fingerprint density at radius 3 is 2.81 bits per heavy atom. The molecule has 0 bridgehead atoms. The minimum Gasteiger partial charge on any atom is -0.490 e. The minimum absolute atomic E-state index is 0.0549. The standard InChI is InChI=1S/C25H31F2NO4/c1-17-13-18(5-6-20(17)30-15-23(2,3)27)22(29)28-12-11-25(21(14-28)31-16-32-25)24(4)9-7-19(26)8-10-24/h5-9,13,21H,10-12,14-16H2,1-4H3/t21-,24?,25+/m1/s1. The summed E-state index contributed by atoms with van der Waals surface area (Å²) < 4.78 is 44.9. The molecule has 0 spiro atoms. The first kappa shape index (κ1) is 22.9. The highest BCUT2D eigenvalue weighted by Crippen LogP contribution is 2.51. The number of nitrogens with zero attached hydrogens (tertiary/aromatic N) is 1. The Morgan fingerprint density at radius 2 is 2.16 bits per heavy atom. The van der Waals surface area contributed by atoms with Crippen molar-refractivity contribution in [3.8, 4) is 5.75 Å². The average Bonchev–Trinajstić information content (AvgIpc) is 3.19.